The second-order valence-corrected chi connectivity index (χ2v) is 7.59. The molecule has 1 aromatic rings. The number of halogens is 1. The number of hydrogen-bond acceptors (Lipinski definition) is 2. The highest BCUT2D eigenvalue weighted by Gasteiger charge is 2.31. The highest BCUT2D eigenvalue weighted by molar-refractivity contribution is 7.89. The molecular weight excluding hydrogens is 277 g/mol. The summed E-state index contributed by atoms with van der Waals surface area (Å²) in [5.41, 5.74) is 0.565. The minimum Gasteiger partial charge on any atom is -0.208 e. The number of benzene rings is 1. The maximum Gasteiger partial charge on any atom is 0.241 e. The smallest absolute Gasteiger partial charge is 0.208 e. The Kier molecular flexibility index (Phi) is 4.49. The average Bonchev–Trinajstić information content (AvgIpc) is 2.37. The zero-order chi connectivity index (χ0) is 14.9. The second kappa shape index (κ2) is 5.82. The van der Waals surface area contributed by atoms with Gasteiger partial charge in [0.15, 0.2) is 0 Å². The van der Waals surface area contributed by atoms with Crippen LogP contribution in [0.15, 0.2) is 23.1 Å². The average molecular weight is 299 g/mol. The molecule has 0 aromatic heterocycles. The van der Waals surface area contributed by atoms with Crippen LogP contribution in [-0.2, 0) is 10.0 Å². The van der Waals surface area contributed by atoms with Crippen molar-refractivity contribution in [1.82, 2.24) is 4.72 Å². The van der Waals surface area contributed by atoms with Gasteiger partial charge < -0.3 is 0 Å². The van der Waals surface area contributed by atoms with Gasteiger partial charge in [-0.1, -0.05) is 32.8 Å². The third-order valence-corrected chi connectivity index (χ3v) is 6.08. The van der Waals surface area contributed by atoms with Crippen molar-refractivity contribution in [3.05, 3.63) is 29.6 Å². The van der Waals surface area contributed by atoms with E-state index in [1.807, 2.05) is 0 Å². The summed E-state index contributed by atoms with van der Waals surface area (Å²) in [4.78, 5) is 0.0444. The molecule has 3 nitrogen and oxygen atoms in total. The SMILES string of the molecule is Cc1ccc(F)cc1S(=O)(=O)NC1CCCC(C)C1C. The number of nitrogens with one attached hydrogen (secondary N) is 1. The fourth-order valence-corrected chi connectivity index (χ4v) is 4.49. The third-order valence-electron chi connectivity index (χ3n) is 4.45. The molecule has 0 radical (unpaired) electrons. The lowest BCUT2D eigenvalue weighted by atomic mass is 9.78. The normalized spacial score (nSPS) is 27.5. The molecule has 2 rings (SSSR count). The Labute approximate surface area is 120 Å². The third kappa shape index (κ3) is 3.20. The van der Waals surface area contributed by atoms with E-state index in [9.17, 15) is 12.8 Å². The summed E-state index contributed by atoms with van der Waals surface area (Å²) in [6.07, 6.45) is 3.01. The molecule has 0 spiro atoms. The summed E-state index contributed by atoms with van der Waals surface area (Å²) in [5.74, 6) is 0.276. The molecule has 1 aromatic carbocycles. The molecule has 3 atom stereocenters. The van der Waals surface area contributed by atoms with Crippen molar-refractivity contribution in [2.75, 3.05) is 0 Å². The lowest BCUT2D eigenvalue weighted by molar-refractivity contribution is 0.227. The molecule has 1 saturated carbocycles. The van der Waals surface area contributed by atoms with Crippen LogP contribution in [0.2, 0.25) is 0 Å². The van der Waals surface area contributed by atoms with E-state index >= 15 is 0 Å². The zero-order valence-corrected chi connectivity index (χ0v) is 13.0. The van der Waals surface area contributed by atoms with E-state index < -0.39 is 15.8 Å². The first-order valence-electron chi connectivity index (χ1n) is 7.10. The molecule has 0 heterocycles. The van der Waals surface area contributed by atoms with Gasteiger partial charge in [-0.25, -0.2) is 17.5 Å². The topological polar surface area (TPSA) is 46.2 Å². The van der Waals surface area contributed by atoms with Crippen LogP contribution < -0.4 is 4.72 Å². The zero-order valence-electron chi connectivity index (χ0n) is 12.2. The Morgan fingerprint density at radius 1 is 1.25 bits per heavy atom. The van der Waals surface area contributed by atoms with Crippen LogP contribution in [0.1, 0.15) is 38.7 Å². The van der Waals surface area contributed by atoms with Crippen LogP contribution in [0.5, 0.6) is 0 Å². The monoisotopic (exact) mass is 299 g/mol. The van der Waals surface area contributed by atoms with E-state index in [1.54, 1.807) is 6.92 Å². The molecule has 0 amide bonds. The first-order valence-corrected chi connectivity index (χ1v) is 8.58. The molecule has 0 saturated heterocycles. The highest BCUT2D eigenvalue weighted by Crippen LogP contribution is 2.30. The predicted octanol–water partition coefficient (Wildman–Crippen LogP) is 3.24. The van der Waals surface area contributed by atoms with Crippen LogP contribution in [0.3, 0.4) is 0 Å². The summed E-state index contributed by atoms with van der Waals surface area (Å²) in [5, 5.41) is 0. The van der Waals surface area contributed by atoms with Crippen molar-refractivity contribution >= 4 is 10.0 Å². The highest BCUT2D eigenvalue weighted by atomic mass is 32.2. The molecule has 3 unspecified atom stereocenters. The maximum atomic E-state index is 13.3. The van der Waals surface area contributed by atoms with Crippen LogP contribution >= 0.6 is 0 Å². The molecule has 1 aliphatic rings. The second-order valence-electron chi connectivity index (χ2n) is 5.90. The van der Waals surface area contributed by atoms with Gasteiger partial charge >= 0.3 is 0 Å². The van der Waals surface area contributed by atoms with Gasteiger partial charge in [0.2, 0.25) is 10.0 Å². The summed E-state index contributed by atoms with van der Waals surface area (Å²) >= 11 is 0. The Hall–Kier alpha value is -0.940. The van der Waals surface area contributed by atoms with Crippen LogP contribution in [0, 0.1) is 24.6 Å². The fourth-order valence-electron chi connectivity index (χ4n) is 2.87. The van der Waals surface area contributed by atoms with Crippen LogP contribution in [-0.4, -0.2) is 14.5 Å². The van der Waals surface area contributed by atoms with Crippen molar-refractivity contribution in [3.8, 4) is 0 Å². The van der Waals surface area contributed by atoms with Gasteiger partial charge in [-0.05, 0) is 42.9 Å². The van der Waals surface area contributed by atoms with Crippen molar-refractivity contribution in [2.24, 2.45) is 11.8 Å². The van der Waals surface area contributed by atoms with Crippen molar-refractivity contribution in [2.45, 2.75) is 51.0 Å². The number of aryl methyl sites for hydroxylation is 1. The molecule has 0 bridgehead atoms. The standard InChI is InChI=1S/C15H22FNO2S/c1-10-5-4-6-14(12(10)3)17-20(18,19)15-9-13(16)8-7-11(15)2/h7-10,12,14,17H,4-6H2,1-3H3. The Balaban J connectivity index is 2.25. The summed E-state index contributed by atoms with van der Waals surface area (Å²) < 4.78 is 41.0. The van der Waals surface area contributed by atoms with Crippen molar-refractivity contribution in [3.63, 3.8) is 0 Å². The Morgan fingerprint density at radius 3 is 2.65 bits per heavy atom. The van der Waals surface area contributed by atoms with E-state index in [4.69, 9.17) is 0 Å². The molecular formula is C15H22FNO2S. The Morgan fingerprint density at radius 2 is 1.95 bits per heavy atom. The molecule has 112 valence electrons. The van der Waals surface area contributed by atoms with E-state index in [2.05, 4.69) is 18.6 Å². The van der Waals surface area contributed by atoms with E-state index in [-0.39, 0.29) is 10.9 Å². The minimum atomic E-state index is -3.66. The fraction of sp³-hybridized carbons (Fsp3) is 0.600. The lowest BCUT2D eigenvalue weighted by Gasteiger charge is -2.34. The van der Waals surface area contributed by atoms with Gasteiger partial charge in [-0.3, -0.25) is 0 Å². The van der Waals surface area contributed by atoms with E-state index in [1.165, 1.54) is 12.1 Å². The van der Waals surface area contributed by atoms with E-state index in [0.717, 1.165) is 25.3 Å². The van der Waals surface area contributed by atoms with Gasteiger partial charge in [-0.15, -0.1) is 0 Å². The lowest BCUT2D eigenvalue weighted by Crippen LogP contribution is -2.43. The maximum absolute atomic E-state index is 13.3. The van der Waals surface area contributed by atoms with E-state index in [0.29, 0.717) is 17.4 Å². The van der Waals surface area contributed by atoms with Crippen molar-refractivity contribution in [1.29, 1.82) is 0 Å². The largest absolute Gasteiger partial charge is 0.241 e. The summed E-state index contributed by atoms with van der Waals surface area (Å²) in [7, 11) is -3.66. The van der Waals surface area contributed by atoms with Crippen LogP contribution in [0.4, 0.5) is 4.39 Å². The van der Waals surface area contributed by atoms with Gasteiger partial charge in [0.05, 0.1) is 4.90 Å². The van der Waals surface area contributed by atoms with Gasteiger partial charge in [-0.2, -0.15) is 0 Å². The molecule has 20 heavy (non-hydrogen) atoms. The predicted molar refractivity (Wildman–Crippen MR) is 77.4 cm³/mol. The minimum absolute atomic E-state index is 0.0444. The molecule has 0 aliphatic heterocycles. The molecule has 5 heteroatoms. The first-order chi connectivity index (χ1) is 9.31. The first kappa shape index (κ1) is 15.4. The quantitative estimate of drug-likeness (QED) is 0.931. The molecule has 1 aliphatic carbocycles. The van der Waals surface area contributed by atoms with Gasteiger partial charge in [0, 0.05) is 6.04 Å². The summed E-state index contributed by atoms with van der Waals surface area (Å²) in [6, 6.07) is 3.80. The molecule has 1 fully saturated rings. The number of rotatable bonds is 3. The molecule has 1 N–H and O–H groups in total. The number of hydrogen-bond donors (Lipinski definition) is 1. The number of sulfonamides is 1. The van der Waals surface area contributed by atoms with Crippen LogP contribution in [0.25, 0.3) is 0 Å². The van der Waals surface area contributed by atoms with Crippen molar-refractivity contribution < 1.29 is 12.8 Å². The summed E-state index contributed by atoms with van der Waals surface area (Å²) in [6.45, 7) is 5.91. The van der Waals surface area contributed by atoms with Gasteiger partial charge in [0.25, 0.3) is 0 Å². The Bertz CT molecular complexity index is 586. The van der Waals surface area contributed by atoms with Gasteiger partial charge in [0.1, 0.15) is 5.82 Å².